The zero-order valence-electron chi connectivity index (χ0n) is 17.0. The number of amides is 1. The van der Waals surface area contributed by atoms with Gasteiger partial charge in [0.15, 0.2) is 5.16 Å². The number of benzene rings is 3. The van der Waals surface area contributed by atoms with Crippen molar-refractivity contribution in [2.45, 2.75) is 17.3 Å². The van der Waals surface area contributed by atoms with Gasteiger partial charge in [-0.2, -0.15) is 0 Å². The molecule has 0 aliphatic heterocycles. The minimum Gasteiger partial charge on any atom is -0.315 e. The van der Waals surface area contributed by atoms with E-state index in [-0.39, 0.29) is 11.5 Å². The number of fused-ring (bicyclic) bond motifs is 1. The molecule has 0 saturated heterocycles. The van der Waals surface area contributed by atoms with Gasteiger partial charge in [-0.3, -0.25) is 14.2 Å². The molecular formula is C24H20ClN3O2S. The molecule has 1 heterocycles. The standard InChI is InChI=1S/C24H20ClN3O2S/c1-16(22(29)27(2)18-10-4-3-5-11-18)31-24-26-21-14-7-6-13-20(21)23(30)28(24)19-12-8-9-17(25)15-19/h3-16H,1-2H3/t16-/m0/s1. The molecule has 0 unspecified atom stereocenters. The number of rotatable bonds is 5. The molecule has 0 aliphatic rings. The fourth-order valence-corrected chi connectivity index (χ4v) is 4.50. The maximum Gasteiger partial charge on any atom is 0.266 e. The van der Waals surface area contributed by atoms with E-state index in [0.29, 0.717) is 26.8 Å². The monoisotopic (exact) mass is 449 g/mol. The first-order valence-electron chi connectivity index (χ1n) is 9.72. The average Bonchev–Trinajstić information content (AvgIpc) is 2.79. The highest BCUT2D eigenvalue weighted by molar-refractivity contribution is 8.00. The molecular weight excluding hydrogens is 430 g/mol. The maximum absolute atomic E-state index is 13.3. The second-order valence-electron chi connectivity index (χ2n) is 7.02. The second kappa shape index (κ2) is 8.96. The first-order chi connectivity index (χ1) is 15.0. The lowest BCUT2D eigenvalue weighted by Gasteiger charge is -2.22. The van der Waals surface area contributed by atoms with Gasteiger partial charge in [0.1, 0.15) is 0 Å². The van der Waals surface area contributed by atoms with Crippen molar-refractivity contribution < 1.29 is 4.79 Å². The third kappa shape index (κ3) is 4.36. The number of carbonyl (C=O) groups excluding carboxylic acids is 1. The Hall–Kier alpha value is -3.09. The molecule has 1 aromatic heterocycles. The van der Waals surface area contributed by atoms with Crippen molar-refractivity contribution in [2.24, 2.45) is 0 Å². The van der Waals surface area contributed by atoms with Crippen LogP contribution in [0.3, 0.4) is 0 Å². The Kier molecular flexibility index (Phi) is 6.11. The van der Waals surface area contributed by atoms with Gasteiger partial charge in [-0.05, 0) is 49.4 Å². The summed E-state index contributed by atoms with van der Waals surface area (Å²) in [4.78, 5) is 32.7. The summed E-state index contributed by atoms with van der Waals surface area (Å²) in [5, 5.41) is 0.991. The molecule has 3 aromatic carbocycles. The number of anilines is 1. The topological polar surface area (TPSA) is 55.2 Å². The van der Waals surface area contributed by atoms with Crippen LogP contribution < -0.4 is 10.5 Å². The van der Waals surface area contributed by atoms with Crippen LogP contribution in [0.15, 0.2) is 88.8 Å². The van der Waals surface area contributed by atoms with E-state index in [2.05, 4.69) is 0 Å². The van der Waals surface area contributed by atoms with Crippen molar-refractivity contribution in [1.29, 1.82) is 0 Å². The third-order valence-corrected chi connectivity index (χ3v) is 6.19. The SMILES string of the molecule is C[C@H](Sc1nc2ccccc2c(=O)n1-c1cccc(Cl)c1)C(=O)N(C)c1ccccc1. The Bertz CT molecular complexity index is 1310. The highest BCUT2D eigenvalue weighted by Gasteiger charge is 2.23. The van der Waals surface area contributed by atoms with Gasteiger partial charge < -0.3 is 4.90 Å². The Morgan fingerprint density at radius 3 is 2.48 bits per heavy atom. The maximum atomic E-state index is 13.3. The zero-order valence-corrected chi connectivity index (χ0v) is 18.6. The van der Waals surface area contributed by atoms with Crippen molar-refractivity contribution >= 4 is 45.9 Å². The Balaban J connectivity index is 1.77. The number of para-hydroxylation sites is 2. The van der Waals surface area contributed by atoms with Crippen molar-refractivity contribution in [3.63, 3.8) is 0 Å². The van der Waals surface area contributed by atoms with E-state index < -0.39 is 5.25 Å². The second-order valence-corrected chi connectivity index (χ2v) is 8.77. The largest absolute Gasteiger partial charge is 0.315 e. The molecule has 5 nitrogen and oxygen atoms in total. The average molecular weight is 450 g/mol. The normalized spacial score (nSPS) is 12.0. The van der Waals surface area contributed by atoms with Crippen LogP contribution in [-0.2, 0) is 4.79 Å². The number of thioether (sulfide) groups is 1. The molecule has 31 heavy (non-hydrogen) atoms. The molecule has 0 saturated carbocycles. The molecule has 0 bridgehead atoms. The van der Waals surface area contributed by atoms with Gasteiger partial charge in [-0.25, -0.2) is 4.98 Å². The van der Waals surface area contributed by atoms with Crippen LogP contribution in [-0.4, -0.2) is 27.8 Å². The Labute approximate surface area is 189 Å². The van der Waals surface area contributed by atoms with Crippen molar-refractivity contribution in [3.8, 4) is 5.69 Å². The van der Waals surface area contributed by atoms with Crippen molar-refractivity contribution in [3.05, 3.63) is 94.2 Å². The number of hydrogen-bond acceptors (Lipinski definition) is 4. The van der Waals surface area contributed by atoms with Crippen LogP contribution in [0, 0.1) is 0 Å². The van der Waals surface area contributed by atoms with Crippen LogP contribution >= 0.6 is 23.4 Å². The number of halogens is 1. The number of nitrogens with zero attached hydrogens (tertiary/aromatic N) is 3. The van der Waals surface area contributed by atoms with Gasteiger partial charge >= 0.3 is 0 Å². The van der Waals surface area contributed by atoms with Gasteiger partial charge in [-0.1, -0.05) is 59.8 Å². The molecule has 4 rings (SSSR count). The van der Waals surface area contributed by atoms with E-state index in [4.69, 9.17) is 16.6 Å². The fraction of sp³-hybridized carbons (Fsp3) is 0.125. The van der Waals surface area contributed by atoms with E-state index >= 15 is 0 Å². The number of aromatic nitrogens is 2. The molecule has 0 N–H and O–H groups in total. The molecule has 0 spiro atoms. The van der Waals surface area contributed by atoms with Gasteiger partial charge in [0.2, 0.25) is 5.91 Å². The summed E-state index contributed by atoms with van der Waals surface area (Å²) < 4.78 is 1.52. The summed E-state index contributed by atoms with van der Waals surface area (Å²) >= 11 is 7.43. The smallest absolute Gasteiger partial charge is 0.266 e. The summed E-state index contributed by atoms with van der Waals surface area (Å²) in [5.74, 6) is -0.0868. The van der Waals surface area contributed by atoms with Crippen LogP contribution in [0.5, 0.6) is 0 Å². The molecule has 0 fully saturated rings. The van der Waals surface area contributed by atoms with Gasteiger partial charge in [0.05, 0.1) is 21.8 Å². The van der Waals surface area contributed by atoms with E-state index in [1.54, 1.807) is 48.3 Å². The van der Waals surface area contributed by atoms with E-state index in [9.17, 15) is 9.59 Å². The van der Waals surface area contributed by atoms with Crippen molar-refractivity contribution in [2.75, 3.05) is 11.9 Å². The first-order valence-corrected chi connectivity index (χ1v) is 11.0. The predicted molar refractivity (Wildman–Crippen MR) is 128 cm³/mol. The van der Waals surface area contributed by atoms with E-state index in [1.807, 2.05) is 49.4 Å². The van der Waals surface area contributed by atoms with Crippen LogP contribution in [0.4, 0.5) is 5.69 Å². The van der Waals surface area contributed by atoms with E-state index in [1.165, 1.54) is 16.3 Å². The highest BCUT2D eigenvalue weighted by atomic mass is 35.5. The van der Waals surface area contributed by atoms with Crippen LogP contribution in [0.1, 0.15) is 6.92 Å². The Morgan fingerprint density at radius 2 is 1.74 bits per heavy atom. The molecule has 4 aromatic rings. The molecule has 0 aliphatic carbocycles. The molecule has 1 atom stereocenters. The Morgan fingerprint density at radius 1 is 1.03 bits per heavy atom. The first kappa shape index (κ1) is 21.2. The van der Waals surface area contributed by atoms with Gasteiger partial charge in [0.25, 0.3) is 5.56 Å². The third-order valence-electron chi connectivity index (χ3n) is 4.92. The van der Waals surface area contributed by atoms with Crippen LogP contribution in [0.2, 0.25) is 5.02 Å². The summed E-state index contributed by atoms with van der Waals surface area (Å²) in [6.45, 7) is 1.82. The quantitative estimate of drug-likeness (QED) is 0.311. The lowest BCUT2D eigenvalue weighted by molar-refractivity contribution is -0.117. The number of hydrogen-bond donors (Lipinski definition) is 0. The number of carbonyl (C=O) groups is 1. The lowest BCUT2D eigenvalue weighted by Crippen LogP contribution is -2.33. The van der Waals surface area contributed by atoms with Gasteiger partial charge in [-0.15, -0.1) is 0 Å². The van der Waals surface area contributed by atoms with Gasteiger partial charge in [0, 0.05) is 17.8 Å². The van der Waals surface area contributed by atoms with E-state index in [0.717, 1.165) is 5.69 Å². The summed E-state index contributed by atoms with van der Waals surface area (Å²) in [6.07, 6.45) is 0. The van der Waals surface area contributed by atoms with Crippen LogP contribution in [0.25, 0.3) is 16.6 Å². The lowest BCUT2D eigenvalue weighted by atomic mass is 10.2. The minimum atomic E-state index is -0.469. The summed E-state index contributed by atoms with van der Waals surface area (Å²) in [6, 6.07) is 23.7. The highest BCUT2D eigenvalue weighted by Crippen LogP contribution is 2.27. The summed E-state index contributed by atoms with van der Waals surface area (Å²) in [5.41, 5.74) is 1.80. The zero-order chi connectivity index (χ0) is 22.0. The molecule has 156 valence electrons. The van der Waals surface area contributed by atoms with Crippen molar-refractivity contribution in [1.82, 2.24) is 9.55 Å². The molecule has 7 heteroatoms. The molecule has 1 amide bonds. The minimum absolute atomic E-state index is 0.0868. The summed E-state index contributed by atoms with van der Waals surface area (Å²) in [7, 11) is 1.74. The predicted octanol–water partition coefficient (Wildman–Crippen LogP) is 5.18. The molecule has 0 radical (unpaired) electrons. The fourth-order valence-electron chi connectivity index (χ4n) is 3.29.